The van der Waals surface area contributed by atoms with E-state index < -0.39 is 0 Å². The normalized spacial score (nSPS) is 19.6. The van der Waals surface area contributed by atoms with Crippen LogP contribution in [0.2, 0.25) is 0 Å². The molecular formula is C15H18FN3O. The number of likely N-dealkylation sites (N-methyl/N-ethyl adjacent to an activating group) is 1. The van der Waals surface area contributed by atoms with E-state index in [9.17, 15) is 9.18 Å². The number of amides is 1. The van der Waals surface area contributed by atoms with Crippen LogP contribution in [0.25, 0.3) is 10.9 Å². The van der Waals surface area contributed by atoms with Gasteiger partial charge in [-0.3, -0.25) is 4.79 Å². The third-order valence-corrected chi connectivity index (χ3v) is 3.96. The van der Waals surface area contributed by atoms with Gasteiger partial charge in [0.05, 0.1) is 5.52 Å². The average molecular weight is 275 g/mol. The van der Waals surface area contributed by atoms with E-state index in [1.165, 1.54) is 6.07 Å². The molecule has 1 unspecified atom stereocenters. The number of hydrogen-bond donors (Lipinski definition) is 2. The van der Waals surface area contributed by atoms with E-state index in [1.807, 2.05) is 7.05 Å². The number of fused-ring (bicyclic) bond motifs is 1. The van der Waals surface area contributed by atoms with Gasteiger partial charge in [-0.15, -0.1) is 0 Å². The van der Waals surface area contributed by atoms with Crippen LogP contribution in [0, 0.1) is 12.7 Å². The molecule has 3 rings (SSSR count). The third kappa shape index (κ3) is 2.29. The quantitative estimate of drug-likeness (QED) is 0.881. The molecule has 0 spiro atoms. The second-order valence-corrected chi connectivity index (χ2v) is 5.54. The highest BCUT2D eigenvalue weighted by Crippen LogP contribution is 2.21. The van der Waals surface area contributed by atoms with E-state index in [0.717, 1.165) is 24.9 Å². The van der Waals surface area contributed by atoms with Gasteiger partial charge in [-0.1, -0.05) is 0 Å². The Hall–Kier alpha value is -1.88. The molecule has 1 saturated heterocycles. The lowest BCUT2D eigenvalue weighted by molar-refractivity contribution is 0.0934. The van der Waals surface area contributed by atoms with Gasteiger partial charge in [0.1, 0.15) is 11.5 Å². The summed E-state index contributed by atoms with van der Waals surface area (Å²) in [5.74, 6) is -0.384. The number of carbonyl (C=O) groups is 1. The molecule has 2 N–H and O–H groups in total. The van der Waals surface area contributed by atoms with Crippen LogP contribution in [0.1, 0.15) is 22.5 Å². The van der Waals surface area contributed by atoms with E-state index in [0.29, 0.717) is 16.8 Å². The maximum absolute atomic E-state index is 13.5. The number of aromatic nitrogens is 1. The zero-order valence-electron chi connectivity index (χ0n) is 11.7. The first kappa shape index (κ1) is 13.1. The molecule has 1 aliphatic heterocycles. The van der Waals surface area contributed by atoms with Crippen molar-refractivity contribution in [3.8, 4) is 0 Å². The standard InChI is InChI=1S/C15H18FN3O/c1-9-12(16)4-3-10-7-13(18-14(9)10)15(20)17-11-5-6-19(2)8-11/h3-4,7,11,18H,5-6,8H2,1-2H3,(H,17,20). The van der Waals surface area contributed by atoms with Crippen LogP contribution in [0.4, 0.5) is 4.39 Å². The van der Waals surface area contributed by atoms with Gasteiger partial charge in [-0.05, 0) is 45.1 Å². The number of H-pyrrole nitrogens is 1. The lowest BCUT2D eigenvalue weighted by atomic mass is 10.1. The van der Waals surface area contributed by atoms with E-state index in [-0.39, 0.29) is 17.8 Å². The Kier molecular flexibility index (Phi) is 3.22. The van der Waals surface area contributed by atoms with E-state index >= 15 is 0 Å². The molecule has 0 aliphatic carbocycles. The van der Waals surface area contributed by atoms with Crippen LogP contribution in [-0.2, 0) is 0 Å². The number of halogens is 1. The number of carbonyl (C=O) groups excluding carboxylic acids is 1. The smallest absolute Gasteiger partial charge is 0.267 e. The largest absolute Gasteiger partial charge is 0.350 e. The first-order chi connectivity index (χ1) is 9.54. The number of likely N-dealkylation sites (tertiary alicyclic amines) is 1. The molecular weight excluding hydrogens is 257 g/mol. The van der Waals surface area contributed by atoms with Crippen molar-refractivity contribution in [2.75, 3.05) is 20.1 Å². The molecule has 1 amide bonds. The fourth-order valence-corrected chi connectivity index (χ4v) is 2.76. The summed E-state index contributed by atoms with van der Waals surface area (Å²) in [5.41, 5.74) is 1.73. The van der Waals surface area contributed by atoms with Crippen molar-refractivity contribution >= 4 is 16.8 Å². The van der Waals surface area contributed by atoms with Gasteiger partial charge < -0.3 is 15.2 Å². The fraction of sp³-hybridized carbons (Fsp3) is 0.400. The maximum Gasteiger partial charge on any atom is 0.267 e. The minimum absolute atomic E-state index is 0.124. The van der Waals surface area contributed by atoms with Gasteiger partial charge in [0.25, 0.3) is 5.91 Å². The molecule has 2 aromatic rings. The highest BCUT2D eigenvalue weighted by atomic mass is 19.1. The molecule has 1 aromatic carbocycles. The van der Waals surface area contributed by atoms with Crippen molar-refractivity contribution in [3.05, 3.63) is 35.3 Å². The van der Waals surface area contributed by atoms with Crippen LogP contribution >= 0.6 is 0 Å². The Balaban J connectivity index is 1.83. The summed E-state index contributed by atoms with van der Waals surface area (Å²) >= 11 is 0. The van der Waals surface area contributed by atoms with E-state index in [4.69, 9.17) is 0 Å². The summed E-state index contributed by atoms with van der Waals surface area (Å²) in [6.45, 7) is 3.59. The van der Waals surface area contributed by atoms with Crippen LogP contribution in [0.15, 0.2) is 18.2 Å². The van der Waals surface area contributed by atoms with E-state index in [1.54, 1.807) is 19.1 Å². The van der Waals surface area contributed by atoms with Crippen molar-refractivity contribution in [3.63, 3.8) is 0 Å². The minimum atomic E-state index is -0.260. The second-order valence-electron chi connectivity index (χ2n) is 5.54. The Morgan fingerprint density at radius 1 is 1.50 bits per heavy atom. The molecule has 1 aliphatic rings. The molecule has 1 fully saturated rings. The van der Waals surface area contributed by atoms with Gasteiger partial charge in [0.2, 0.25) is 0 Å². The van der Waals surface area contributed by atoms with Crippen molar-refractivity contribution in [1.29, 1.82) is 0 Å². The highest BCUT2D eigenvalue weighted by Gasteiger charge is 2.22. The lowest BCUT2D eigenvalue weighted by Gasteiger charge is -2.11. The molecule has 1 aromatic heterocycles. The minimum Gasteiger partial charge on any atom is -0.350 e. The predicted molar refractivity (Wildman–Crippen MR) is 76.4 cm³/mol. The fourth-order valence-electron chi connectivity index (χ4n) is 2.76. The summed E-state index contributed by atoms with van der Waals surface area (Å²) in [6.07, 6.45) is 0.968. The summed E-state index contributed by atoms with van der Waals surface area (Å²) in [6, 6.07) is 5.08. The summed E-state index contributed by atoms with van der Waals surface area (Å²) in [4.78, 5) is 17.4. The third-order valence-electron chi connectivity index (χ3n) is 3.96. The van der Waals surface area contributed by atoms with Crippen LogP contribution in [0.5, 0.6) is 0 Å². The molecule has 2 heterocycles. The molecule has 0 bridgehead atoms. The Morgan fingerprint density at radius 3 is 3.00 bits per heavy atom. The number of hydrogen-bond acceptors (Lipinski definition) is 2. The molecule has 5 heteroatoms. The summed E-state index contributed by atoms with van der Waals surface area (Å²) in [7, 11) is 2.04. The van der Waals surface area contributed by atoms with Gasteiger partial charge in [-0.25, -0.2) is 4.39 Å². The Morgan fingerprint density at radius 2 is 2.30 bits per heavy atom. The predicted octanol–water partition coefficient (Wildman–Crippen LogP) is 2.05. The molecule has 106 valence electrons. The monoisotopic (exact) mass is 275 g/mol. The Bertz CT molecular complexity index is 664. The average Bonchev–Trinajstić information content (AvgIpc) is 3.01. The number of nitrogens with zero attached hydrogens (tertiary/aromatic N) is 1. The topological polar surface area (TPSA) is 48.1 Å². The van der Waals surface area contributed by atoms with Gasteiger partial charge in [0.15, 0.2) is 0 Å². The SMILES string of the molecule is Cc1c(F)ccc2cc(C(=O)NC3CCN(C)C3)[nH]c12. The van der Waals surface area contributed by atoms with Crippen molar-refractivity contribution < 1.29 is 9.18 Å². The number of aryl methyl sites for hydroxylation is 1. The zero-order chi connectivity index (χ0) is 14.3. The van der Waals surface area contributed by atoms with Crippen LogP contribution in [0.3, 0.4) is 0 Å². The number of nitrogens with one attached hydrogen (secondary N) is 2. The second kappa shape index (κ2) is 4.90. The molecule has 0 radical (unpaired) electrons. The maximum atomic E-state index is 13.5. The molecule has 20 heavy (non-hydrogen) atoms. The van der Waals surface area contributed by atoms with Crippen molar-refractivity contribution in [1.82, 2.24) is 15.2 Å². The first-order valence-corrected chi connectivity index (χ1v) is 6.82. The summed E-state index contributed by atoms with van der Waals surface area (Å²) in [5, 5.41) is 3.87. The van der Waals surface area contributed by atoms with Crippen molar-refractivity contribution in [2.24, 2.45) is 0 Å². The number of aromatic amines is 1. The van der Waals surface area contributed by atoms with Crippen LogP contribution < -0.4 is 5.32 Å². The lowest BCUT2D eigenvalue weighted by Crippen LogP contribution is -2.36. The van der Waals surface area contributed by atoms with Crippen molar-refractivity contribution in [2.45, 2.75) is 19.4 Å². The first-order valence-electron chi connectivity index (χ1n) is 6.82. The highest BCUT2D eigenvalue weighted by molar-refractivity contribution is 5.98. The number of benzene rings is 1. The molecule has 0 saturated carbocycles. The summed E-state index contributed by atoms with van der Waals surface area (Å²) < 4.78 is 13.5. The van der Waals surface area contributed by atoms with Gasteiger partial charge in [0, 0.05) is 23.5 Å². The van der Waals surface area contributed by atoms with Gasteiger partial charge >= 0.3 is 0 Å². The zero-order valence-corrected chi connectivity index (χ0v) is 11.7. The van der Waals surface area contributed by atoms with E-state index in [2.05, 4.69) is 15.2 Å². The molecule has 1 atom stereocenters. The molecule has 4 nitrogen and oxygen atoms in total. The van der Waals surface area contributed by atoms with Crippen LogP contribution in [-0.4, -0.2) is 42.0 Å². The van der Waals surface area contributed by atoms with Gasteiger partial charge in [-0.2, -0.15) is 0 Å². The Labute approximate surface area is 117 Å². The number of rotatable bonds is 2.